The average molecular weight is 284 g/mol. The summed E-state index contributed by atoms with van der Waals surface area (Å²) in [5.41, 5.74) is 0.761. The number of morpholine rings is 1. The first-order chi connectivity index (χ1) is 9.10. The third kappa shape index (κ3) is 3.75. The van der Waals surface area contributed by atoms with E-state index in [0.717, 1.165) is 30.4 Å². The quantitative estimate of drug-likeness (QED) is 0.787. The third-order valence-corrected chi connectivity index (χ3v) is 4.21. The highest BCUT2D eigenvalue weighted by molar-refractivity contribution is 7.09. The summed E-state index contributed by atoms with van der Waals surface area (Å²) in [6, 6.07) is 0.515. The Morgan fingerprint density at radius 3 is 3.16 bits per heavy atom. The predicted octanol–water partition coefficient (Wildman–Crippen LogP) is 1.64. The molecule has 5 nitrogen and oxygen atoms in total. The molecule has 1 atom stereocenters. The van der Waals surface area contributed by atoms with Crippen molar-refractivity contribution in [1.29, 1.82) is 0 Å². The standard InChI is InChI=1S/C13H20N2O3S/c1-9(2)15-4-5-18-11(7-15)13-14-10(8-19-13)6-12(16)17-3/h8-9,11H,4-7H2,1-3H3. The minimum absolute atomic E-state index is 0.0209. The van der Waals surface area contributed by atoms with E-state index in [1.165, 1.54) is 7.11 Å². The first kappa shape index (κ1) is 14.4. The molecule has 0 N–H and O–H groups in total. The molecule has 1 aliphatic heterocycles. The molecule has 0 spiro atoms. The van der Waals surface area contributed by atoms with Gasteiger partial charge in [-0.1, -0.05) is 0 Å². The van der Waals surface area contributed by atoms with E-state index in [9.17, 15) is 4.79 Å². The van der Waals surface area contributed by atoms with Crippen molar-refractivity contribution < 1.29 is 14.3 Å². The molecular weight excluding hydrogens is 264 g/mol. The lowest BCUT2D eigenvalue weighted by molar-refractivity contribution is -0.139. The molecule has 0 bridgehead atoms. The highest BCUT2D eigenvalue weighted by Crippen LogP contribution is 2.26. The van der Waals surface area contributed by atoms with E-state index in [0.29, 0.717) is 6.04 Å². The van der Waals surface area contributed by atoms with Gasteiger partial charge in [-0.3, -0.25) is 9.69 Å². The molecule has 0 saturated carbocycles. The largest absolute Gasteiger partial charge is 0.469 e. The number of hydrogen-bond donors (Lipinski definition) is 0. The number of nitrogens with zero attached hydrogens (tertiary/aromatic N) is 2. The monoisotopic (exact) mass is 284 g/mol. The minimum Gasteiger partial charge on any atom is -0.469 e. The molecule has 1 aromatic heterocycles. The summed E-state index contributed by atoms with van der Waals surface area (Å²) in [5.74, 6) is -0.259. The zero-order chi connectivity index (χ0) is 13.8. The zero-order valence-electron chi connectivity index (χ0n) is 11.6. The van der Waals surface area contributed by atoms with Crippen molar-refractivity contribution in [1.82, 2.24) is 9.88 Å². The Balaban J connectivity index is 1.99. The number of carbonyl (C=O) groups excluding carboxylic acids is 1. The molecule has 0 aromatic carbocycles. The summed E-state index contributed by atoms with van der Waals surface area (Å²) in [6.07, 6.45) is 0.251. The van der Waals surface area contributed by atoms with Crippen LogP contribution in [0.3, 0.4) is 0 Å². The van der Waals surface area contributed by atoms with Gasteiger partial charge in [0.25, 0.3) is 0 Å². The van der Waals surface area contributed by atoms with Gasteiger partial charge in [-0.15, -0.1) is 11.3 Å². The molecule has 19 heavy (non-hydrogen) atoms. The number of carbonyl (C=O) groups is 1. The van der Waals surface area contributed by atoms with Gasteiger partial charge in [-0.25, -0.2) is 4.98 Å². The van der Waals surface area contributed by atoms with Gasteiger partial charge in [-0.05, 0) is 13.8 Å². The summed E-state index contributed by atoms with van der Waals surface area (Å²) in [4.78, 5) is 18.1. The summed E-state index contributed by atoms with van der Waals surface area (Å²) < 4.78 is 10.4. The van der Waals surface area contributed by atoms with Crippen LogP contribution in [-0.2, 0) is 20.7 Å². The molecule has 2 rings (SSSR count). The average Bonchev–Trinajstić information content (AvgIpc) is 2.87. The first-order valence-electron chi connectivity index (χ1n) is 6.47. The van der Waals surface area contributed by atoms with Crippen LogP contribution < -0.4 is 0 Å². The second-order valence-electron chi connectivity index (χ2n) is 4.88. The van der Waals surface area contributed by atoms with Crippen LogP contribution in [0.15, 0.2) is 5.38 Å². The van der Waals surface area contributed by atoms with Gasteiger partial charge in [0, 0.05) is 24.5 Å². The van der Waals surface area contributed by atoms with Crippen LogP contribution in [0.4, 0.5) is 0 Å². The van der Waals surface area contributed by atoms with Crippen LogP contribution in [0.1, 0.15) is 30.7 Å². The Bertz CT molecular complexity index is 433. The van der Waals surface area contributed by atoms with Gasteiger partial charge >= 0.3 is 5.97 Å². The number of ether oxygens (including phenoxy) is 2. The number of esters is 1. The Hall–Kier alpha value is -0.980. The SMILES string of the molecule is COC(=O)Cc1csc(C2CN(C(C)C)CCO2)n1. The van der Waals surface area contributed by atoms with Crippen LogP contribution >= 0.6 is 11.3 Å². The summed E-state index contributed by atoms with van der Waals surface area (Å²) >= 11 is 1.55. The van der Waals surface area contributed by atoms with E-state index in [1.807, 2.05) is 5.38 Å². The van der Waals surface area contributed by atoms with Gasteiger partial charge in [0.1, 0.15) is 11.1 Å². The lowest BCUT2D eigenvalue weighted by atomic mass is 10.2. The third-order valence-electron chi connectivity index (χ3n) is 3.23. The molecule has 0 aliphatic carbocycles. The van der Waals surface area contributed by atoms with Gasteiger partial charge in [0.15, 0.2) is 0 Å². The number of aromatic nitrogens is 1. The number of methoxy groups -OCH3 is 1. The molecule has 1 aromatic rings. The Kier molecular flexibility index (Phi) is 4.90. The summed E-state index contributed by atoms with van der Waals surface area (Å²) in [7, 11) is 1.39. The van der Waals surface area contributed by atoms with E-state index in [1.54, 1.807) is 11.3 Å². The van der Waals surface area contributed by atoms with Crippen molar-refractivity contribution in [2.45, 2.75) is 32.4 Å². The maximum atomic E-state index is 11.2. The van der Waals surface area contributed by atoms with Crippen LogP contribution in [0.5, 0.6) is 0 Å². The van der Waals surface area contributed by atoms with Crippen LogP contribution in [0, 0.1) is 0 Å². The smallest absolute Gasteiger partial charge is 0.311 e. The van der Waals surface area contributed by atoms with Crippen molar-refractivity contribution in [3.05, 3.63) is 16.1 Å². The molecule has 0 radical (unpaired) electrons. The molecule has 106 valence electrons. The van der Waals surface area contributed by atoms with Crippen molar-refractivity contribution in [2.75, 3.05) is 26.8 Å². The highest BCUT2D eigenvalue weighted by Gasteiger charge is 2.25. The van der Waals surface area contributed by atoms with Gasteiger partial charge in [0.05, 0.1) is 25.8 Å². The van der Waals surface area contributed by atoms with Gasteiger partial charge < -0.3 is 9.47 Å². The maximum Gasteiger partial charge on any atom is 0.311 e. The fraction of sp³-hybridized carbons (Fsp3) is 0.692. The van der Waals surface area contributed by atoms with Gasteiger partial charge in [0.2, 0.25) is 0 Å². The fourth-order valence-corrected chi connectivity index (χ4v) is 2.92. The van der Waals surface area contributed by atoms with E-state index in [-0.39, 0.29) is 18.5 Å². The molecular formula is C13H20N2O3S. The first-order valence-corrected chi connectivity index (χ1v) is 7.35. The number of thiazole rings is 1. The van der Waals surface area contributed by atoms with E-state index < -0.39 is 0 Å². The maximum absolute atomic E-state index is 11.2. The molecule has 6 heteroatoms. The van der Waals surface area contributed by atoms with Crippen LogP contribution in [-0.4, -0.2) is 48.7 Å². The molecule has 2 heterocycles. The van der Waals surface area contributed by atoms with Crippen molar-refractivity contribution in [2.24, 2.45) is 0 Å². The Morgan fingerprint density at radius 2 is 2.47 bits per heavy atom. The predicted molar refractivity (Wildman–Crippen MR) is 73.2 cm³/mol. The lowest BCUT2D eigenvalue weighted by Crippen LogP contribution is -2.42. The van der Waals surface area contributed by atoms with Crippen molar-refractivity contribution >= 4 is 17.3 Å². The minimum atomic E-state index is -0.259. The summed E-state index contributed by atoms with van der Waals surface area (Å²) in [5, 5.41) is 2.86. The van der Waals surface area contributed by atoms with Gasteiger partial charge in [-0.2, -0.15) is 0 Å². The number of rotatable bonds is 4. The normalized spacial score (nSPS) is 20.7. The van der Waals surface area contributed by atoms with Crippen molar-refractivity contribution in [3.63, 3.8) is 0 Å². The highest BCUT2D eigenvalue weighted by atomic mass is 32.1. The van der Waals surface area contributed by atoms with E-state index in [4.69, 9.17) is 4.74 Å². The molecule has 1 unspecified atom stereocenters. The Morgan fingerprint density at radius 1 is 1.68 bits per heavy atom. The molecule has 1 fully saturated rings. The fourth-order valence-electron chi connectivity index (χ4n) is 2.06. The second-order valence-corrected chi connectivity index (χ2v) is 5.77. The van der Waals surface area contributed by atoms with Crippen LogP contribution in [0.25, 0.3) is 0 Å². The second kappa shape index (κ2) is 6.45. The van der Waals surface area contributed by atoms with E-state index in [2.05, 4.69) is 28.5 Å². The van der Waals surface area contributed by atoms with Crippen molar-refractivity contribution in [3.8, 4) is 0 Å². The molecule has 0 amide bonds. The zero-order valence-corrected chi connectivity index (χ0v) is 12.4. The van der Waals surface area contributed by atoms with E-state index >= 15 is 0 Å². The van der Waals surface area contributed by atoms with Crippen LogP contribution in [0.2, 0.25) is 0 Å². The topological polar surface area (TPSA) is 51.7 Å². The number of hydrogen-bond acceptors (Lipinski definition) is 6. The lowest BCUT2D eigenvalue weighted by Gasteiger charge is -2.34. The molecule has 1 aliphatic rings. The molecule has 1 saturated heterocycles. The Labute approximate surface area is 117 Å². The summed E-state index contributed by atoms with van der Waals surface area (Å²) in [6.45, 7) is 6.94.